The third kappa shape index (κ3) is 4.74. The molecule has 0 bridgehead atoms. The van der Waals surface area contributed by atoms with Gasteiger partial charge in [-0.15, -0.1) is 0 Å². The molecule has 0 spiro atoms. The van der Waals surface area contributed by atoms with Crippen LogP contribution in [0.15, 0.2) is 42.6 Å². The minimum atomic E-state index is -4.45. The van der Waals surface area contributed by atoms with E-state index in [2.05, 4.69) is 10.3 Å². The molecule has 1 aliphatic heterocycles. The summed E-state index contributed by atoms with van der Waals surface area (Å²) in [4.78, 5) is 17.9. The van der Waals surface area contributed by atoms with Crippen LogP contribution in [0.4, 0.5) is 19.0 Å². The Morgan fingerprint density at radius 3 is 2.50 bits per heavy atom. The Morgan fingerprint density at radius 1 is 1.21 bits per heavy atom. The van der Waals surface area contributed by atoms with Gasteiger partial charge in [0, 0.05) is 31.7 Å². The van der Waals surface area contributed by atoms with Crippen molar-refractivity contribution in [2.24, 2.45) is 5.92 Å². The highest BCUT2D eigenvalue weighted by atomic mass is 19.4. The molecule has 1 aliphatic rings. The van der Waals surface area contributed by atoms with E-state index in [0.717, 1.165) is 17.4 Å². The molecule has 2 heterocycles. The van der Waals surface area contributed by atoms with Crippen LogP contribution in [0.25, 0.3) is 0 Å². The van der Waals surface area contributed by atoms with E-state index < -0.39 is 11.7 Å². The first-order chi connectivity index (χ1) is 13.4. The predicted molar refractivity (Wildman–Crippen MR) is 99.0 cm³/mol. The zero-order valence-electron chi connectivity index (χ0n) is 15.5. The number of hydrogen-bond acceptors (Lipinski definition) is 4. The van der Waals surface area contributed by atoms with Gasteiger partial charge < -0.3 is 15.0 Å². The van der Waals surface area contributed by atoms with Gasteiger partial charge in [0.15, 0.2) is 0 Å². The summed E-state index contributed by atoms with van der Waals surface area (Å²) in [6, 6.07) is 9.72. The second-order valence-electron chi connectivity index (χ2n) is 6.70. The number of aromatic nitrogens is 1. The second-order valence-corrected chi connectivity index (χ2v) is 6.70. The van der Waals surface area contributed by atoms with E-state index in [1.54, 1.807) is 12.0 Å². The number of benzene rings is 1. The van der Waals surface area contributed by atoms with Crippen LogP contribution in [0.3, 0.4) is 0 Å². The Labute approximate surface area is 161 Å². The van der Waals surface area contributed by atoms with Crippen LogP contribution in [-0.2, 0) is 17.5 Å². The number of methoxy groups -OCH3 is 1. The van der Waals surface area contributed by atoms with Gasteiger partial charge in [0.2, 0.25) is 5.91 Å². The van der Waals surface area contributed by atoms with Gasteiger partial charge in [0.1, 0.15) is 11.6 Å². The Morgan fingerprint density at radius 2 is 1.89 bits per heavy atom. The van der Waals surface area contributed by atoms with Gasteiger partial charge in [-0.3, -0.25) is 4.79 Å². The average molecular weight is 393 g/mol. The number of pyridine rings is 1. The quantitative estimate of drug-likeness (QED) is 0.843. The van der Waals surface area contributed by atoms with E-state index in [4.69, 9.17) is 4.74 Å². The third-order valence-electron chi connectivity index (χ3n) is 4.88. The summed E-state index contributed by atoms with van der Waals surface area (Å²) in [7, 11) is 1.59. The number of carbonyl (C=O) groups is 1. The normalized spacial score (nSPS) is 15.4. The topological polar surface area (TPSA) is 54.5 Å². The maximum Gasteiger partial charge on any atom is 0.419 e. The van der Waals surface area contributed by atoms with E-state index in [0.29, 0.717) is 32.5 Å². The number of piperidine rings is 1. The molecule has 3 rings (SSSR count). The van der Waals surface area contributed by atoms with Crippen LogP contribution in [0.5, 0.6) is 5.75 Å². The fourth-order valence-electron chi connectivity index (χ4n) is 3.30. The summed E-state index contributed by atoms with van der Waals surface area (Å²) < 4.78 is 44.6. The number of anilines is 1. The lowest BCUT2D eigenvalue weighted by Crippen LogP contribution is -2.41. The number of nitrogens with one attached hydrogen (secondary N) is 1. The summed E-state index contributed by atoms with van der Waals surface area (Å²) in [5.41, 5.74) is 0.215. The van der Waals surface area contributed by atoms with Crippen LogP contribution >= 0.6 is 0 Å². The molecule has 1 aromatic carbocycles. The first kappa shape index (κ1) is 20.0. The number of halogens is 3. The molecule has 1 aromatic heterocycles. The zero-order valence-corrected chi connectivity index (χ0v) is 15.5. The fraction of sp³-hybridized carbons (Fsp3) is 0.400. The number of alkyl halides is 3. The van der Waals surface area contributed by atoms with E-state index in [9.17, 15) is 18.0 Å². The van der Waals surface area contributed by atoms with Crippen molar-refractivity contribution in [3.8, 4) is 5.75 Å². The molecule has 150 valence electrons. The van der Waals surface area contributed by atoms with Crippen molar-refractivity contribution < 1.29 is 22.7 Å². The minimum absolute atomic E-state index is 0.0629. The largest absolute Gasteiger partial charge is 0.497 e. The molecule has 1 N–H and O–H groups in total. The van der Waals surface area contributed by atoms with Crippen molar-refractivity contribution in [3.63, 3.8) is 0 Å². The predicted octanol–water partition coefficient (Wildman–Crippen LogP) is 3.64. The number of hydrogen-bond donors (Lipinski definition) is 1. The Hall–Kier alpha value is -2.77. The standard InChI is InChI=1S/C20H22F3N3O2/c1-28-16-6-4-14(5-7-16)13-25-19(27)15-8-11-26(12-9-15)18-17(20(21,22)23)3-2-10-24-18/h2-7,10,15H,8-9,11-13H2,1H3,(H,25,27). The molecule has 0 unspecified atom stereocenters. The van der Waals surface area contributed by atoms with Crippen molar-refractivity contribution >= 4 is 11.7 Å². The number of nitrogens with zero attached hydrogens (tertiary/aromatic N) is 2. The summed E-state index contributed by atoms with van der Waals surface area (Å²) in [5, 5.41) is 2.90. The van der Waals surface area contributed by atoms with Crippen molar-refractivity contribution in [3.05, 3.63) is 53.7 Å². The molecule has 28 heavy (non-hydrogen) atoms. The molecular formula is C20H22F3N3O2. The van der Waals surface area contributed by atoms with Gasteiger partial charge in [-0.25, -0.2) is 4.98 Å². The SMILES string of the molecule is COc1ccc(CNC(=O)C2CCN(c3ncccc3C(F)(F)F)CC2)cc1. The first-order valence-electron chi connectivity index (χ1n) is 9.06. The Balaban J connectivity index is 1.54. The monoisotopic (exact) mass is 393 g/mol. The van der Waals surface area contributed by atoms with Gasteiger partial charge in [-0.05, 0) is 42.7 Å². The molecule has 1 amide bonds. The van der Waals surface area contributed by atoms with Crippen molar-refractivity contribution in [2.75, 3.05) is 25.1 Å². The molecule has 0 saturated carbocycles. The Bertz CT molecular complexity index is 801. The summed E-state index contributed by atoms with van der Waals surface area (Å²) >= 11 is 0. The average Bonchev–Trinajstić information content (AvgIpc) is 2.72. The van der Waals surface area contributed by atoms with Gasteiger partial charge in [-0.2, -0.15) is 13.2 Å². The smallest absolute Gasteiger partial charge is 0.419 e. The summed E-state index contributed by atoms with van der Waals surface area (Å²) in [6.45, 7) is 1.13. The van der Waals surface area contributed by atoms with Crippen molar-refractivity contribution in [1.82, 2.24) is 10.3 Å². The van der Waals surface area contributed by atoms with Gasteiger partial charge in [-0.1, -0.05) is 12.1 Å². The Kier molecular flexibility index (Phi) is 6.06. The number of carbonyl (C=O) groups excluding carboxylic acids is 1. The van der Waals surface area contributed by atoms with Crippen LogP contribution < -0.4 is 15.0 Å². The molecule has 0 radical (unpaired) electrons. The van der Waals surface area contributed by atoms with Gasteiger partial charge in [0.05, 0.1) is 12.7 Å². The van der Waals surface area contributed by atoms with Gasteiger partial charge in [0.25, 0.3) is 0 Å². The van der Waals surface area contributed by atoms with Crippen molar-refractivity contribution in [1.29, 1.82) is 0 Å². The van der Waals surface area contributed by atoms with Crippen LogP contribution in [0.2, 0.25) is 0 Å². The lowest BCUT2D eigenvalue weighted by Gasteiger charge is -2.33. The lowest BCUT2D eigenvalue weighted by atomic mass is 9.95. The van der Waals surface area contributed by atoms with E-state index >= 15 is 0 Å². The second kappa shape index (κ2) is 8.50. The highest BCUT2D eigenvalue weighted by molar-refractivity contribution is 5.79. The van der Waals surface area contributed by atoms with Crippen LogP contribution in [0.1, 0.15) is 24.0 Å². The van der Waals surface area contributed by atoms with Crippen LogP contribution in [-0.4, -0.2) is 31.1 Å². The van der Waals surface area contributed by atoms with E-state index in [1.165, 1.54) is 12.3 Å². The van der Waals surface area contributed by atoms with E-state index in [1.807, 2.05) is 24.3 Å². The lowest BCUT2D eigenvalue weighted by molar-refractivity contribution is -0.137. The molecule has 1 fully saturated rings. The summed E-state index contributed by atoms with van der Waals surface area (Å²) in [5.74, 6) is 0.391. The number of ether oxygens (including phenoxy) is 1. The number of amides is 1. The van der Waals surface area contributed by atoms with Crippen molar-refractivity contribution in [2.45, 2.75) is 25.6 Å². The maximum atomic E-state index is 13.2. The molecule has 5 nitrogen and oxygen atoms in total. The molecule has 8 heteroatoms. The first-order valence-corrected chi connectivity index (χ1v) is 9.06. The fourth-order valence-corrected chi connectivity index (χ4v) is 3.30. The maximum absolute atomic E-state index is 13.2. The zero-order chi connectivity index (χ0) is 20.1. The minimum Gasteiger partial charge on any atom is -0.497 e. The highest BCUT2D eigenvalue weighted by Gasteiger charge is 2.36. The highest BCUT2D eigenvalue weighted by Crippen LogP contribution is 2.36. The molecule has 0 atom stereocenters. The molecular weight excluding hydrogens is 371 g/mol. The number of rotatable bonds is 5. The summed E-state index contributed by atoms with van der Waals surface area (Å²) in [6.07, 6.45) is -2.11. The molecule has 2 aromatic rings. The van der Waals surface area contributed by atoms with E-state index in [-0.39, 0.29) is 17.6 Å². The molecule has 0 aliphatic carbocycles. The molecule has 1 saturated heterocycles. The van der Waals surface area contributed by atoms with Crippen LogP contribution in [0, 0.1) is 5.92 Å². The third-order valence-corrected chi connectivity index (χ3v) is 4.88. The van der Waals surface area contributed by atoms with Gasteiger partial charge >= 0.3 is 6.18 Å².